The highest BCUT2D eigenvalue weighted by Gasteiger charge is 2.46. The van der Waals surface area contributed by atoms with E-state index in [1.165, 1.54) is 12.1 Å². The largest absolute Gasteiger partial charge is 0.457 e. The number of hydrogen-bond donors (Lipinski definition) is 1. The summed E-state index contributed by atoms with van der Waals surface area (Å²) in [6.45, 7) is 3.69. The number of carbonyl (C=O) groups is 1. The quantitative estimate of drug-likeness (QED) is 0.566. The van der Waals surface area contributed by atoms with E-state index in [0.717, 1.165) is 35.7 Å². The van der Waals surface area contributed by atoms with E-state index in [4.69, 9.17) is 4.74 Å². The molecule has 5 rings (SSSR count). The lowest BCUT2D eigenvalue weighted by molar-refractivity contribution is 0.115. The van der Waals surface area contributed by atoms with Crippen LogP contribution in [0.3, 0.4) is 0 Å². The molecule has 2 aliphatic heterocycles. The number of anilines is 1. The van der Waals surface area contributed by atoms with Gasteiger partial charge in [-0.3, -0.25) is 4.90 Å². The second kappa shape index (κ2) is 8.63. The Balaban J connectivity index is 1.17. The fourth-order valence-electron chi connectivity index (χ4n) is 4.78. The number of amides is 2. The van der Waals surface area contributed by atoms with Crippen molar-refractivity contribution < 1.29 is 13.9 Å². The number of likely N-dealkylation sites (tertiary alicyclic amines) is 2. The molecule has 3 atom stereocenters. The first-order valence-corrected chi connectivity index (χ1v) is 11.0. The molecular weight excluding hydrogens is 405 g/mol. The number of hydrogen-bond acceptors (Lipinski definition) is 3. The molecule has 2 amide bonds. The van der Waals surface area contributed by atoms with Gasteiger partial charge in [0.2, 0.25) is 0 Å². The van der Waals surface area contributed by atoms with Crippen molar-refractivity contribution in [3.8, 4) is 11.5 Å². The molecule has 5 nitrogen and oxygen atoms in total. The second-order valence-corrected chi connectivity index (χ2v) is 8.49. The van der Waals surface area contributed by atoms with E-state index < -0.39 is 0 Å². The molecule has 0 aromatic heterocycles. The van der Waals surface area contributed by atoms with Gasteiger partial charge in [-0.05, 0) is 67.4 Å². The van der Waals surface area contributed by atoms with Crippen LogP contribution in [0.2, 0.25) is 0 Å². The molecule has 2 fully saturated rings. The van der Waals surface area contributed by atoms with E-state index >= 15 is 0 Å². The Morgan fingerprint density at radius 2 is 1.62 bits per heavy atom. The van der Waals surface area contributed by atoms with Crippen molar-refractivity contribution in [3.63, 3.8) is 0 Å². The van der Waals surface area contributed by atoms with Crippen LogP contribution in [0, 0.1) is 5.82 Å². The van der Waals surface area contributed by atoms with Crippen LogP contribution >= 0.6 is 0 Å². The van der Waals surface area contributed by atoms with E-state index in [2.05, 4.69) is 17.1 Å². The van der Waals surface area contributed by atoms with Gasteiger partial charge in [0, 0.05) is 36.9 Å². The summed E-state index contributed by atoms with van der Waals surface area (Å²) in [5.41, 5.74) is 1.85. The number of urea groups is 1. The van der Waals surface area contributed by atoms with Crippen LogP contribution in [0.15, 0.2) is 78.9 Å². The lowest BCUT2D eigenvalue weighted by atomic mass is 10.1. The zero-order chi connectivity index (χ0) is 22.1. The maximum Gasteiger partial charge on any atom is 0.322 e. The Bertz CT molecular complexity index is 1070. The Morgan fingerprint density at radius 1 is 0.938 bits per heavy atom. The molecule has 3 aromatic carbocycles. The predicted molar refractivity (Wildman–Crippen MR) is 122 cm³/mol. The number of carbonyl (C=O) groups excluding carboxylic acids is 1. The van der Waals surface area contributed by atoms with Crippen LogP contribution in [-0.4, -0.2) is 41.0 Å². The van der Waals surface area contributed by atoms with Crippen molar-refractivity contribution in [2.24, 2.45) is 0 Å². The molecule has 2 aliphatic rings. The van der Waals surface area contributed by atoms with Gasteiger partial charge in [0.05, 0.1) is 0 Å². The number of para-hydroxylation sites is 1. The summed E-state index contributed by atoms with van der Waals surface area (Å²) in [7, 11) is 0. The third-order valence-corrected chi connectivity index (χ3v) is 6.48. The van der Waals surface area contributed by atoms with E-state index in [0.29, 0.717) is 12.6 Å². The van der Waals surface area contributed by atoms with Gasteiger partial charge in [0.1, 0.15) is 17.3 Å². The van der Waals surface area contributed by atoms with Crippen molar-refractivity contribution >= 4 is 11.7 Å². The highest BCUT2D eigenvalue weighted by atomic mass is 19.1. The summed E-state index contributed by atoms with van der Waals surface area (Å²) >= 11 is 0. The van der Waals surface area contributed by atoms with Crippen LogP contribution in [0.25, 0.3) is 0 Å². The summed E-state index contributed by atoms with van der Waals surface area (Å²) < 4.78 is 19.1. The number of rotatable bonds is 5. The van der Waals surface area contributed by atoms with Crippen molar-refractivity contribution in [2.75, 3.05) is 18.4 Å². The lowest BCUT2D eigenvalue weighted by Crippen LogP contribution is -2.50. The molecule has 0 saturated carbocycles. The zero-order valence-electron chi connectivity index (χ0n) is 17.9. The number of fused-ring (bicyclic) bond motifs is 2. The van der Waals surface area contributed by atoms with Gasteiger partial charge in [0.15, 0.2) is 0 Å². The molecule has 32 heavy (non-hydrogen) atoms. The summed E-state index contributed by atoms with van der Waals surface area (Å²) in [4.78, 5) is 17.3. The van der Waals surface area contributed by atoms with Gasteiger partial charge in [0.25, 0.3) is 0 Å². The Morgan fingerprint density at radius 3 is 2.28 bits per heavy atom. The maximum absolute atomic E-state index is 13.2. The van der Waals surface area contributed by atoms with Crippen LogP contribution in [0.5, 0.6) is 11.5 Å². The Labute approximate surface area is 187 Å². The highest BCUT2D eigenvalue weighted by molar-refractivity contribution is 5.90. The summed E-state index contributed by atoms with van der Waals surface area (Å²) in [6.07, 6.45) is 0.975. The predicted octanol–water partition coefficient (Wildman–Crippen LogP) is 5.67. The van der Waals surface area contributed by atoms with E-state index in [9.17, 15) is 9.18 Å². The van der Waals surface area contributed by atoms with Gasteiger partial charge in [-0.2, -0.15) is 0 Å². The van der Waals surface area contributed by atoms with Crippen molar-refractivity contribution in [1.82, 2.24) is 9.80 Å². The fraction of sp³-hybridized carbons (Fsp3) is 0.269. The van der Waals surface area contributed by atoms with Gasteiger partial charge in [-0.1, -0.05) is 30.3 Å². The molecule has 164 valence electrons. The number of ether oxygens (including phenoxy) is 1. The van der Waals surface area contributed by atoms with Crippen LogP contribution in [-0.2, 0) is 0 Å². The molecule has 3 aromatic rings. The molecule has 1 N–H and O–H groups in total. The molecule has 0 radical (unpaired) electrons. The first kappa shape index (κ1) is 20.5. The summed E-state index contributed by atoms with van der Waals surface area (Å²) in [5.74, 6) is 1.28. The van der Waals surface area contributed by atoms with Crippen LogP contribution < -0.4 is 10.1 Å². The molecule has 2 heterocycles. The Hall–Kier alpha value is -3.38. The molecule has 3 unspecified atom stereocenters. The number of nitrogens with one attached hydrogen (secondary N) is 1. The average molecular weight is 432 g/mol. The molecule has 6 heteroatoms. The third-order valence-electron chi connectivity index (χ3n) is 6.48. The minimum atomic E-state index is -0.216. The van der Waals surface area contributed by atoms with E-state index in [1.54, 1.807) is 0 Å². The zero-order valence-corrected chi connectivity index (χ0v) is 17.9. The summed E-state index contributed by atoms with van der Waals surface area (Å²) in [5, 5.41) is 3.01. The number of benzene rings is 3. The van der Waals surface area contributed by atoms with Crippen LogP contribution in [0.4, 0.5) is 14.9 Å². The standard InChI is InChI=1S/C26H26FN3O2/c1-18(19-7-9-20(27)10-8-19)29-16-23-15-22(29)17-30(23)26(31)28-21-11-13-25(14-12-21)32-24-5-3-2-4-6-24/h2-14,18,22-23H,15-17H2,1H3,(H,28,31). The van der Waals surface area contributed by atoms with Gasteiger partial charge in [-0.15, -0.1) is 0 Å². The van der Waals surface area contributed by atoms with E-state index in [-0.39, 0.29) is 23.9 Å². The van der Waals surface area contributed by atoms with E-state index in [1.807, 2.05) is 71.6 Å². The SMILES string of the molecule is CC(c1ccc(F)cc1)N1CC2CC1CN2C(=O)Nc1ccc(Oc2ccccc2)cc1. The maximum atomic E-state index is 13.2. The number of nitrogens with zero attached hydrogens (tertiary/aromatic N) is 2. The second-order valence-electron chi connectivity index (χ2n) is 8.49. The summed E-state index contributed by atoms with van der Waals surface area (Å²) in [6, 6.07) is 24.4. The van der Waals surface area contributed by atoms with Crippen molar-refractivity contribution in [2.45, 2.75) is 31.5 Å². The van der Waals surface area contributed by atoms with Gasteiger partial charge < -0.3 is 15.0 Å². The van der Waals surface area contributed by atoms with Crippen molar-refractivity contribution in [1.29, 1.82) is 0 Å². The normalized spacial score (nSPS) is 20.9. The van der Waals surface area contributed by atoms with Crippen LogP contribution in [0.1, 0.15) is 24.9 Å². The monoisotopic (exact) mass is 431 g/mol. The topological polar surface area (TPSA) is 44.8 Å². The average Bonchev–Trinajstić information content (AvgIpc) is 3.42. The molecule has 2 bridgehead atoms. The smallest absolute Gasteiger partial charge is 0.322 e. The number of halogens is 1. The Kier molecular flexibility index (Phi) is 5.53. The molecule has 0 spiro atoms. The third kappa shape index (κ3) is 4.18. The molecular formula is C26H26FN3O2. The van der Waals surface area contributed by atoms with Crippen molar-refractivity contribution in [3.05, 3.63) is 90.2 Å². The highest BCUT2D eigenvalue weighted by Crippen LogP contribution is 2.37. The lowest BCUT2D eigenvalue weighted by Gasteiger charge is -2.37. The minimum absolute atomic E-state index is 0.0664. The first-order valence-electron chi connectivity index (χ1n) is 11.0. The fourth-order valence-corrected chi connectivity index (χ4v) is 4.78. The molecule has 0 aliphatic carbocycles. The molecule has 2 saturated heterocycles. The van der Waals surface area contributed by atoms with Gasteiger partial charge >= 0.3 is 6.03 Å². The van der Waals surface area contributed by atoms with Gasteiger partial charge in [-0.25, -0.2) is 9.18 Å². The first-order chi connectivity index (χ1) is 15.6. The minimum Gasteiger partial charge on any atom is -0.457 e. The number of piperazine rings is 1.